The Morgan fingerprint density at radius 1 is 1.24 bits per heavy atom. The van der Waals surface area contributed by atoms with Gasteiger partial charge in [-0.05, 0) is 12.3 Å². The summed E-state index contributed by atoms with van der Waals surface area (Å²) < 4.78 is 9.84. The van der Waals surface area contributed by atoms with Gasteiger partial charge in [0.2, 0.25) is 0 Å². The summed E-state index contributed by atoms with van der Waals surface area (Å²) in [6, 6.07) is 0. The van der Waals surface area contributed by atoms with Crippen LogP contribution in [0.5, 0.6) is 0 Å². The highest BCUT2D eigenvalue weighted by Crippen LogP contribution is 2.22. The van der Waals surface area contributed by atoms with E-state index in [9.17, 15) is 9.59 Å². The van der Waals surface area contributed by atoms with Crippen LogP contribution in [-0.4, -0.2) is 24.6 Å². The van der Waals surface area contributed by atoms with Crippen LogP contribution in [0.1, 0.15) is 52.4 Å². The maximum absolute atomic E-state index is 11.9. The zero-order valence-corrected chi connectivity index (χ0v) is 13.2. The molecule has 1 heterocycles. The highest BCUT2D eigenvalue weighted by atomic mass is 16.6. The minimum absolute atomic E-state index is 0.0573. The van der Waals surface area contributed by atoms with Gasteiger partial charge in [0.15, 0.2) is 0 Å². The minimum atomic E-state index is -0.668. The van der Waals surface area contributed by atoms with E-state index in [1.54, 1.807) is 0 Å². The van der Waals surface area contributed by atoms with Gasteiger partial charge < -0.3 is 9.47 Å². The van der Waals surface area contributed by atoms with Crippen molar-refractivity contribution in [2.75, 3.05) is 6.61 Å². The second-order valence-corrected chi connectivity index (χ2v) is 5.66. The minimum Gasteiger partial charge on any atom is -0.386 e. The fourth-order valence-corrected chi connectivity index (χ4v) is 2.15. The monoisotopic (exact) mass is 294 g/mol. The molecule has 0 saturated carbocycles. The van der Waals surface area contributed by atoms with Crippen molar-refractivity contribution in [3.63, 3.8) is 0 Å². The van der Waals surface area contributed by atoms with E-state index >= 15 is 0 Å². The van der Waals surface area contributed by atoms with Gasteiger partial charge in [-0.1, -0.05) is 52.7 Å². The lowest BCUT2D eigenvalue weighted by Gasteiger charge is -2.15. The number of carbonyl (C=O) groups excluding carboxylic acids is 2. The molecule has 21 heavy (non-hydrogen) atoms. The SMILES string of the molecule is C=C(CC(CC)CCCC)C(=O)OC(=O)C(=C)CC1CO1. The highest BCUT2D eigenvalue weighted by Gasteiger charge is 2.27. The number of ether oxygens (including phenoxy) is 2. The summed E-state index contributed by atoms with van der Waals surface area (Å²) >= 11 is 0. The van der Waals surface area contributed by atoms with Crippen LogP contribution in [-0.2, 0) is 19.1 Å². The number of hydrogen-bond donors (Lipinski definition) is 0. The lowest BCUT2D eigenvalue weighted by Crippen LogP contribution is -2.17. The maximum Gasteiger partial charge on any atom is 0.341 e. The molecule has 0 spiro atoms. The fraction of sp³-hybridized carbons (Fsp3) is 0.647. The summed E-state index contributed by atoms with van der Waals surface area (Å²) in [4.78, 5) is 23.6. The van der Waals surface area contributed by atoms with E-state index in [4.69, 9.17) is 9.47 Å². The topological polar surface area (TPSA) is 55.9 Å². The van der Waals surface area contributed by atoms with Crippen molar-refractivity contribution >= 4 is 11.9 Å². The lowest BCUT2D eigenvalue weighted by molar-refractivity contribution is -0.154. The predicted octanol–water partition coefficient (Wildman–Crippen LogP) is 3.56. The number of esters is 2. The summed E-state index contributed by atoms with van der Waals surface area (Å²) in [7, 11) is 0. The lowest BCUT2D eigenvalue weighted by atomic mass is 9.92. The molecule has 118 valence electrons. The van der Waals surface area contributed by atoms with E-state index in [2.05, 4.69) is 27.0 Å². The molecule has 0 aromatic heterocycles. The van der Waals surface area contributed by atoms with Crippen LogP contribution in [0.2, 0.25) is 0 Å². The van der Waals surface area contributed by atoms with Crippen LogP contribution in [0, 0.1) is 5.92 Å². The van der Waals surface area contributed by atoms with E-state index < -0.39 is 11.9 Å². The van der Waals surface area contributed by atoms with E-state index in [-0.39, 0.29) is 11.7 Å². The van der Waals surface area contributed by atoms with Crippen LogP contribution in [0.3, 0.4) is 0 Å². The smallest absolute Gasteiger partial charge is 0.341 e. The Morgan fingerprint density at radius 3 is 2.38 bits per heavy atom. The van der Waals surface area contributed by atoms with Gasteiger partial charge in [0.1, 0.15) is 0 Å². The Hall–Kier alpha value is -1.42. The average Bonchev–Trinajstić information content (AvgIpc) is 3.26. The Kier molecular flexibility index (Phi) is 7.37. The molecular formula is C17H26O4. The van der Waals surface area contributed by atoms with Crippen LogP contribution in [0.25, 0.3) is 0 Å². The normalized spacial score (nSPS) is 17.9. The molecule has 1 fully saturated rings. The van der Waals surface area contributed by atoms with Gasteiger partial charge in [0, 0.05) is 17.6 Å². The van der Waals surface area contributed by atoms with Crippen molar-refractivity contribution in [2.24, 2.45) is 5.92 Å². The molecular weight excluding hydrogens is 268 g/mol. The Bertz CT molecular complexity index is 407. The standard InChI is InChI=1S/C17H26O4/c1-5-7-8-14(6-2)9-12(3)16(18)21-17(19)13(4)10-15-11-20-15/h14-15H,3-11H2,1-2H3. The predicted molar refractivity (Wildman–Crippen MR) is 81.7 cm³/mol. The summed E-state index contributed by atoms with van der Waals surface area (Å²) in [6.07, 6.45) is 5.40. The summed E-state index contributed by atoms with van der Waals surface area (Å²) in [5, 5.41) is 0. The number of unbranched alkanes of at least 4 members (excludes halogenated alkanes) is 1. The molecule has 1 saturated heterocycles. The summed E-state index contributed by atoms with van der Waals surface area (Å²) in [5.41, 5.74) is 0.637. The highest BCUT2D eigenvalue weighted by molar-refractivity contribution is 6.01. The molecule has 1 aliphatic rings. The Morgan fingerprint density at radius 2 is 1.86 bits per heavy atom. The number of carbonyl (C=O) groups is 2. The zero-order chi connectivity index (χ0) is 15.8. The van der Waals surface area contributed by atoms with Crippen LogP contribution < -0.4 is 0 Å². The van der Waals surface area contributed by atoms with Gasteiger partial charge in [-0.2, -0.15) is 0 Å². The molecule has 0 radical (unpaired) electrons. The van der Waals surface area contributed by atoms with Gasteiger partial charge in [0.05, 0.1) is 12.7 Å². The molecule has 4 nitrogen and oxygen atoms in total. The molecule has 0 amide bonds. The fourth-order valence-electron chi connectivity index (χ4n) is 2.15. The zero-order valence-electron chi connectivity index (χ0n) is 13.2. The van der Waals surface area contributed by atoms with Gasteiger partial charge in [0.25, 0.3) is 0 Å². The van der Waals surface area contributed by atoms with Crippen LogP contribution >= 0.6 is 0 Å². The van der Waals surface area contributed by atoms with Gasteiger partial charge in [-0.3, -0.25) is 0 Å². The largest absolute Gasteiger partial charge is 0.386 e. The summed E-state index contributed by atoms with van der Waals surface area (Å²) in [5.74, 6) is -0.880. The molecule has 0 N–H and O–H groups in total. The van der Waals surface area contributed by atoms with Crippen molar-refractivity contribution in [1.82, 2.24) is 0 Å². The van der Waals surface area contributed by atoms with Crippen LogP contribution in [0.4, 0.5) is 0 Å². The molecule has 0 aliphatic carbocycles. The second kappa shape index (κ2) is 8.78. The second-order valence-electron chi connectivity index (χ2n) is 5.66. The molecule has 1 aliphatic heterocycles. The van der Waals surface area contributed by atoms with E-state index in [1.807, 2.05) is 0 Å². The molecule has 4 heteroatoms. The third-order valence-corrected chi connectivity index (χ3v) is 3.72. The van der Waals surface area contributed by atoms with E-state index in [0.29, 0.717) is 30.9 Å². The van der Waals surface area contributed by atoms with Gasteiger partial charge >= 0.3 is 11.9 Å². The number of epoxide rings is 1. The van der Waals surface area contributed by atoms with Crippen molar-refractivity contribution in [2.45, 2.75) is 58.5 Å². The molecule has 2 unspecified atom stereocenters. The summed E-state index contributed by atoms with van der Waals surface area (Å²) in [6.45, 7) is 12.3. The van der Waals surface area contributed by atoms with Gasteiger partial charge in [-0.25, -0.2) is 9.59 Å². The van der Waals surface area contributed by atoms with Gasteiger partial charge in [-0.15, -0.1) is 0 Å². The van der Waals surface area contributed by atoms with E-state index in [1.165, 1.54) is 0 Å². The first-order valence-electron chi connectivity index (χ1n) is 7.71. The first kappa shape index (κ1) is 17.6. The number of rotatable bonds is 10. The van der Waals surface area contributed by atoms with Crippen molar-refractivity contribution in [3.05, 3.63) is 24.3 Å². The quantitative estimate of drug-likeness (QED) is 0.267. The first-order valence-corrected chi connectivity index (χ1v) is 7.71. The maximum atomic E-state index is 11.9. The van der Waals surface area contributed by atoms with Crippen molar-refractivity contribution in [1.29, 1.82) is 0 Å². The van der Waals surface area contributed by atoms with Crippen LogP contribution in [0.15, 0.2) is 24.3 Å². The molecule has 0 aromatic carbocycles. The molecule has 2 atom stereocenters. The molecule has 0 aromatic rings. The van der Waals surface area contributed by atoms with Crippen molar-refractivity contribution < 1.29 is 19.1 Å². The van der Waals surface area contributed by atoms with Crippen molar-refractivity contribution in [3.8, 4) is 0 Å². The van der Waals surface area contributed by atoms with E-state index in [0.717, 1.165) is 25.7 Å². The molecule has 1 rings (SSSR count). The third-order valence-electron chi connectivity index (χ3n) is 3.72. The Labute approximate surface area is 127 Å². The number of hydrogen-bond acceptors (Lipinski definition) is 4. The first-order chi connectivity index (χ1) is 9.97. The molecule has 0 bridgehead atoms. The Balaban J connectivity index is 2.36. The average molecular weight is 294 g/mol. The third kappa shape index (κ3) is 6.71.